The fourth-order valence-corrected chi connectivity index (χ4v) is 2.94. The van der Waals surface area contributed by atoms with Crippen molar-refractivity contribution in [1.82, 2.24) is 15.5 Å². The second kappa shape index (κ2) is 6.36. The van der Waals surface area contributed by atoms with E-state index in [2.05, 4.69) is 15.5 Å². The van der Waals surface area contributed by atoms with E-state index in [9.17, 15) is 4.79 Å². The Hall–Kier alpha value is -0.610. The summed E-state index contributed by atoms with van der Waals surface area (Å²) in [6.45, 7) is 2.65. The normalized spacial score (nSPS) is 25.6. The molecule has 1 unspecified atom stereocenters. The molecule has 0 spiro atoms. The average molecular weight is 239 g/mol. The lowest BCUT2D eigenvalue weighted by atomic mass is 10.2. The number of amides is 1. The smallest absolute Gasteiger partial charge is 0.234 e. The van der Waals surface area contributed by atoms with E-state index in [0.29, 0.717) is 18.6 Å². The third-order valence-electron chi connectivity index (χ3n) is 3.83. The number of rotatable bonds is 5. The summed E-state index contributed by atoms with van der Waals surface area (Å²) in [6, 6.07) is 1.03. The molecule has 1 aliphatic heterocycles. The second-order valence-corrected chi connectivity index (χ2v) is 5.54. The molecule has 2 N–H and O–H groups in total. The van der Waals surface area contributed by atoms with E-state index < -0.39 is 0 Å². The Balaban J connectivity index is 1.62. The van der Waals surface area contributed by atoms with Crippen molar-refractivity contribution >= 4 is 5.91 Å². The van der Waals surface area contributed by atoms with Crippen LogP contribution in [0.1, 0.15) is 38.5 Å². The lowest BCUT2D eigenvalue weighted by Gasteiger charge is -2.21. The summed E-state index contributed by atoms with van der Waals surface area (Å²) in [5.74, 6) is 0.192. The van der Waals surface area contributed by atoms with Crippen molar-refractivity contribution in [3.63, 3.8) is 0 Å². The van der Waals surface area contributed by atoms with Crippen molar-refractivity contribution in [2.24, 2.45) is 0 Å². The van der Waals surface area contributed by atoms with Crippen LogP contribution in [0.3, 0.4) is 0 Å². The Kier molecular flexibility index (Phi) is 4.80. The van der Waals surface area contributed by atoms with Gasteiger partial charge in [-0.2, -0.15) is 0 Å². The largest absolute Gasteiger partial charge is 0.352 e. The van der Waals surface area contributed by atoms with Crippen LogP contribution in [0, 0.1) is 0 Å². The molecule has 1 heterocycles. The predicted molar refractivity (Wildman–Crippen MR) is 68.9 cm³/mol. The molecular weight excluding hydrogens is 214 g/mol. The van der Waals surface area contributed by atoms with Gasteiger partial charge in [0.2, 0.25) is 5.91 Å². The van der Waals surface area contributed by atoms with Crippen LogP contribution in [0.2, 0.25) is 0 Å². The summed E-state index contributed by atoms with van der Waals surface area (Å²) in [5, 5.41) is 6.59. The number of hydrogen-bond acceptors (Lipinski definition) is 3. The number of likely N-dealkylation sites (N-methyl/N-ethyl adjacent to an activating group) is 1. The number of carbonyl (C=O) groups is 1. The molecule has 0 aromatic heterocycles. The summed E-state index contributed by atoms with van der Waals surface area (Å²) in [7, 11) is 2.04. The molecule has 98 valence electrons. The first kappa shape index (κ1) is 12.8. The van der Waals surface area contributed by atoms with Crippen molar-refractivity contribution in [3.8, 4) is 0 Å². The van der Waals surface area contributed by atoms with E-state index in [-0.39, 0.29) is 5.91 Å². The first-order valence-electron chi connectivity index (χ1n) is 6.95. The van der Waals surface area contributed by atoms with Gasteiger partial charge >= 0.3 is 0 Å². The maximum Gasteiger partial charge on any atom is 0.234 e. The zero-order valence-electron chi connectivity index (χ0n) is 10.9. The molecule has 0 radical (unpaired) electrons. The highest BCUT2D eigenvalue weighted by Gasteiger charge is 2.20. The van der Waals surface area contributed by atoms with Crippen LogP contribution in [0.5, 0.6) is 0 Å². The van der Waals surface area contributed by atoms with Gasteiger partial charge in [0.1, 0.15) is 0 Å². The molecular formula is C13H25N3O. The number of hydrogen-bond donors (Lipinski definition) is 2. The standard InChI is InChI=1S/C13H25N3O/c1-16(9-12-7-4-8-14-12)10-13(17)15-11-5-2-3-6-11/h11-12,14H,2-10H2,1H3,(H,15,17). The highest BCUT2D eigenvalue weighted by molar-refractivity contribution is 5.78. The van der Waals surface area contributed by atoms with Gasteiger partial charge < -0.3 is 10.6 Å². The lowest BCUT2D eigenvalue weighted by Crippen LogP contribution is -2.43. The summed E-state index contributed by atoms with van der Waals surface area (Å²) in [5.41, 5.74) is 0. The Labute approximate surface area is 104 Å². The molecule has 1 amide bonds. The van der Waals surface area contributed by atoms with Gasteiger partial charge in [0.15, 0.2) is 0 Å². The topological polar surface area (TPSA) is 44.4 Å². The van der Waals surface area contributed by atoms with Crippen LogP contribution in [0.4, 0.5) is 0 Å². The maximum atomic E-state index is 11.8. The van der Waals surface area contributed by atoms with Gasteiger partial charge in [-0.05, 0) is 39.3 Å². The Morgan fingerprint density at radius 3 is 2.71 bits per heavy atom. The molecule has 1 saturated heterocycles. The summed E-state index contributed by atoms with van der Waals surface area (Å²) >= 11 is 0. The van der Waals surface area contributed by atoms with Crippen LogP contribution in [-0.4, -0.2) is 49.6 Å². The monoisotopic (exact) mass is 239 g/mol. The van der Waals surface area contributed by atoms with Crippen LogP contribution < -0.4 is 10.6 Å². The van der Waals surface area contributed by atoms with Crippen molar-refractivity contribution in [3.05, 3.63) is 0 Å². The molecule has 2 fully saturated rings. The predicted octanol–water partition coefficient (Wildman–Crippen LogP) is 0.729. The first-order chi connectivity index (χ1) is 8.24. The molecule has 4 nitrogen and oxygen atoms in total. The Bertz CT molecular complexity index is 245. The molecule has 1 saturated carbocycles. The fraction of sp³-hybridized carbons (Fsp3) is 0.923. The minimum absolute atomic E-state index is 0.192. The van der Waals surface area contributed by atoms with Crippen molar-refractivity contribution < 1.29 is 4.79 Å². The van der Waals surface area contributed by atoms with Gasteiger partial charge in [0, 0.05) is 18.6 Å². The van der Waals surface area contributed by atoms with Crippen LogP contribution >= 0.6 is 0 Å². The Morgan fingerprint density at radius 2 is 2.06 bits per heavy atom. The highest BCUT2D eigenvalue weighted by atomic mass is 16.2. The molecule has 0 aromatic rings. The van der Waals surface area contributed by atoms with Gasteiger partial charge in [-0.15, -0.1) is 0 Å². The van der Waals surface area contributed by atoms with Crippen molar-refractivity contribution in [1.29, 1.82) is 0 Å². The molecule has 2 rings (SSSR count). The first-order valence-corrected chi connectivity index (χ1v) is 6.95. The highest BCUT2D eigenvalue weighted by Crippen LogP contribution is 2.17. The number of carbonyl (C=O) groups excluding carboxylic acids is 1. The van der Waals surface area contributed by atoms with E-state index in [1.54, 1.807) is 0 Å². The quantitative estimate of drug-likeness (QED) is 0.743. The molecule has 0 bridgehead atoms. The van der Waals surface area contributed by atoms with Gasteiger partial charge in [-0.3, -0.25) is 9.69 Å². The Morgan fingerprint density at radius 1 is 1.29 bits per heavy atom. The average Bonchev–Trinajstić information content (AvgIpc) is 2.90. The van der Waals surface area contributed by atoms with E-state index >= 15 is 0 Å². The van der Waals surface area contributed by atoms with E-state index in [1.165, 1.54) is 38.5 Å². The summed E-state index contributed by atoms with van der Waals surface area (Å²) in [6.07, 6.45) is 7.39. The third kappa shape index (κ3) is 4.28. The van der Waals surface area contributed by atoms with E-state index in [0.717, 1.165) is 13.1 Å². The SMILES string of the molecule is CN(CC(=O)NC1CCCC1)CC1CCCN1. The third-order valence-corrected chi connectivity index (χ3v) is 3.83. The number of nitrogens with zero attached hydrogens (tertiary/aromatic N) is 1. The van der Waals surface area contributed by atoms with E-state index in [4.69, 9.17) is 0 Å². The summed E-state index contributed by atoms with van der Waals surface area (Å²) < 4.78 is 0. The van der Waals surface area contributed by atoms with Gasteiger partial charge in [0.25, 0.3) is 0 Å². The molecule has 0 aromatic carbocycles. The van der Waals surface area contributed by atoms with Gasteiger partial charge in [-0.1, -0.05) is 12.8 Å². The number of nitrogens with one attached hydrogen (secondary N) is 2. The second-order valence-electron chi connectivity index (χ2n) is 5.54. The molecule has 1 atom stereocenters. The molecule has 4 heteroatoms. The maximum absolute atomic E-state index is 11.8. The van der Waals surface area contributed by atoms with Crippen LogP contribution in [0.25, 0.3) is 0 Å². The van der Waals surface area contributed by atoms with Crippen molar-refractivity contribution in [2.45, 2.75) is 50.6 Å². The minimum atomic E-state index is 0.192. The van der Waals surface area contributed by atoms with E-state index in [1.807, 2.05) is 7.05 Å². The fourth-order valence-electron chi connectivity index (χ4n) is 2.94. The van der Waals surface area contributed by atoms with Crippen LogP contribution in [-0.2, 0) is 4.79 Å². The molecule has 2 aliphatic rings. The van der Waals surface area contributed by atoms with Crippen molar-refractivity contribution in [2.75, 3.05) is 26.7 Å². The minimum Gasteiger partial charge on any atom is -0.352 e. The van der Waals surface area contributed by atoms with Gasteiger partial charge in [0.05, 0.1) is 6.54 Å². The molecule has 1 aliphatic carbocycles. The van der Waals surface area contributed by atoms with Gasteiger partial charge in [-0.25, -0.2) is 0 Å². The van der Waals surface area contributed by atoms with Crippen LogP contribution in [0.15, 0.2) is 0 Å². The summed E-state index contributed by atoms with van der Waals surface area (Å²) in [4.78, 5) is 13.9. The lowest BCUT2D eigenvalue weighted by molar-refractivity contribution is -0.122. The zero-order chi connectivity index (χ0) is 12.1. The zero-order valence-corrected chi connectivity index (χ0v) is 10.9. The molecule has 17 heavy (non-hydrogen) atoms.